The van der Waals surface area contributed by atoms with Crippen LogP contribution in [0.2, 0.25) is 0 Å². The molecule has 0 spiro atoms. The Bertz CT molecular complexity index is 178. The molecule has 1 fully saturated rings. The fourth-order valence-electron chi connectivity index (χ4n) is 0.948. The largest absolute Gasteiger partial charge is 0.349 e. The highest BCUT2D eigenvalue weighted by Crippen LogP contribution is 2.09. The van der Waals surface area contributed by atoms with E-state index < -0.39 is 0 Å². The van der Waals surface area contributed by atoms with Crippen molar-refractivity contribution in [1.82, 2.24) is 10.6 Å². The van der Waals surface area contributed by atoms with Crippen LogP contribution in [-0.2, 0) is 4.79 Å². The molecule has 1 amide bonds. The Morgan fingerprint density at radius 3 is 3.17 bits per heavy atom. The smallest absolute Gasteiger partial charge is 0.238 e. The van der Waals surface area contributed by atoms with Crippen LogP contribution >= 0.6 is 11.8 Å². The molecule has 0 aromatic rings. The third kappa shape index (κ3) is 2.53. The number of rotatable bonds is 3. The third-order valence-electron chi connectivity index (χ3n) is 1.76. The van der Waals surface area contributed by atoms with E-state index in [1.165, 1.54) is 0 Å². The van der Waals surface area contributed by atoms with Gasteiger partial charge in [0.1, 0.15) is 0 Å². The topological polar surface area (TPSA) is 41.1 Å². The van der Waals surface area contributed by atoms with Crippen molar-refractivity contribution in [2.24, 2.45) is 0 Å². The highest BCUT2D eigenvalue weighted by Gasteiger charge is 2.22. The number of thioether (sulfide) groups is 1. The number of carbonyl (C=O) groups excluding carboxylic acids is 1. The first kappa shape index (κ1) is 9.61. The quantitative estimate of drug-likeness (QED) is 0.624. The van der Waals surface area contributed by atoms with Gasteiger partial charge >= 0.3 is 0 Å². The van der Waals surface area contributed by atoms with E-state index in [1.54, 1.807) is 17.8 Å². The maximum Gasteiger partial charge on any atom is 0.238 e. The molecule has 0 aromatic carbocycles. The maximum absolute atomic E-state index is 11.4. The molecular weight excluding hydrogens is 172 g/mol. The van der Waals surface area contributed by atoms with Crippen molar-refractivity contribution in [1.29, 1.82) is 0 Å². The van der Waals surface area contributed by atoms with Gasteiger partial charge in [-0.1, -0.05) is 6.08 Å². The van der Waals surface area contributed by atoms with Crippen LogP contribution in [0.15, 0.2) is 12.7 Å². The molecule has 4 heteroatoms. The second-order valence-corrected chi connectivity index (χ2v) is 3.84. The molecule has 0 bridgehead atoms. The highest BCUT2D eigenvalue weighted by molar-refractivity contribution is 7.99. The SMILES string of the molecule is C=CC(C)NC(=O)[C@H]1CSCN1. The van der Waals surface area contributed by atoms with Crippen molar-refractivity contribution in [3.63, 3.8) is 0 Å². The van der Waals surface area contributed by atoms with Crippen LogP contribution in [0.1, 0.15) is 6.92 Å². The molecule has 0 radical (unpaired) electrons. The van der Waals surface area contributed by atoms with Gasteiger partial charge in [0, 0.05) is 17.7 Å². The molecule has 0 aliphatic carbocycles. The number of hydrogen-bond donors (Lipinski definition) is 2. The van der Waals surface area contributed by atoms with Crippen LogP contribution in [0.4, 0.5) is 0 Å². The molecule has 2 atom stereocenters. The fourth-order valence-corrected chi connectivity index (χ4v) is 1.89. The van der Waals surface area contributed by atoms with Crippen molar-refractivity contribution in [3.8, 4) is 0 Å². The zero-order valence-corrected chi connectivity index (χ0v) is 7.99. The summed E-state index contributed by atoms with van der Waals surface area (Å²) in [6, 6.07) is 0.0438. The average molecular weight is 186 g/mol. The Hall–Kier alpha value is -0.480. The standard InChI is InChI=1S/C8H14N2OS/c1-3-6(2)10-8(11)7-4-12-5-9-7/h3,6-7,9H,1,4-5H2,2H3,(H,10,11)/t6?,7-/m1/s1. The predicted molar refractivity (Wildman–Crippen MR) is 52.1 cm³/mol. The molecule has 2 N–H and O–H groups in total. The highest BCUT2D eigenvalue weighted by atomic mass is 32.2. The Labute approximate surface area is 77.0 Å². The van der Waals surface area contributed by atoms with Crippen molar-refractivity contribution in [2.45, 2.75) is 19.0 Å². The van der Waals surface area contributed by atoms with Gasteiger partial charge in [-0.15, -0.1) is 18.3 Å². The zero-order chi connectivity index (χ0) is 8.97. The van der Waals surface area contributed by atoms with E-state index >= 15 is 0 Å². The van der Waals surface area contributed by atoms with Gasteiger partial charge in [-0.05, 0) is 6.92 Å². The Kier molecular flexibility index (Phi) is 3.62. The van der Waals surface area contributed by atoms with Gasteiger partial charge in [0.15, 0.2) is 0 Å². The van der Waals surface area contributed by atoms with Crippen LogP contribution in [0.3, 0.4) is 0 Å². The van der Waals surface area contributed by atoms with Gasteiger partial charge in [-0.3, -0.25) is 10.1 Å². The third-order valence-corrected chi connectivity index (χ3v) is 2.70. The molecule has 68 valence electrons. The van der Waals surface area contributed by atoms with E-state index in [1.807, 2.05) is 6.92 Å². The van der Waals surface area contributed by atoms with E-state index in [4.69, 9.17) is 0 Å². The van der Waals surface area contributed by atoms with E-state index in [-0.39, 0.29) is 18.0 Å². The summed E-state index contributed by atoms with van der Waals surface area (Å²) in [6.45, 7) is 5.51. The van der Waals surface area contributed by atoms with Crippen LogP contribution in [0, 0.1) is 0 Å². The predicted octanol–water partition coefficient (Wildman–Crippen LogP) is 0.340. The van der Waals surface area contributed by atoms with Crippen LogP contribution in [0.5, 0.6) is 0 Å². The molecule has 1 saturated heterocycles. The van der Waals surface area contributed by atoms with Crippen molar-refractivity contribution < 1.29 is 4.79 Å². The molecule has 0 aromatic heterocycles. The molecule has 3 nitrogen and oxygen atoms in total. The van der Waals surface area contributed by atoms with Gasteiger partial charge in [0.25, 0.3) is 0 Å². The van der Waals surface area contributed by atoms with Crippen molar-refractivity contribution in [3.05, 3.63) is 12.7 Å². The Balaban J connectivity index is 2.31. The van der Waals surface area contributed by atoms with Gasteiger partial charge in [0.2, 0.25) is 5.91 Å². The zero-order valence-electron chi connectivity index (χ0n) is 7.17. The minimum atomic E-state index is -0.0163. The minimum Gasteiger partial charge on any atom is -0.349 e. The van der Waals surface area contributed by atoms with E-state index in [0.717, 1.165) is 11.6 Å². The second-order valence-electron chi connectivity index (χ2n) is 2.80. The first-order valence-electron chi connectivity index (χ1n) is 3.98. The average Bonchev–Trinajstić information content (AvgIpc) is 2.56. The first-order chi connectivity index (χ1) is 5.74. The summed E-state index contributed by atoms with van der Waals surface area (Å²) in [5, 5.41) is 5.94. The fraction of sp³-hybridized carbons (Fsp3) is 0.625. The summed E-state index contributed by atoms with van der Waals surface area (Å²) >= 11 is 1.75. The van der Waals surface area contributed by atoms with Crippen molar-refractivity contribution >= 4 is 17.7 Å². The minimum absolute atomic E-state index is 0.0163. The number of hydrogen-bond acceptors (Lipinski definition) is 3. The van der Waals surface area contributed by atoms with E-state index in [2.05, 4.69) is 17.2 Å². The van der Waals surface area contributed by atoms with Gasteiger partial charge in [-0.25, -0.2) is 0 Å². The molecule has 12 heavy (non-hydrogen) atoms. The monoisotopic (exact) mass is 186 g/mol. The lowest BCUT2D eigenvalue weighted by molar-refractivity contribution is -0.122. The summed E-state index contributed by atoms with van der Waals surface area (Å²) in [7, 11) is 0. The van der Waals surface area contributed by atoms with E-state index in [9.17, 15) is 4.79 Å². The van der Waals surface area contributed by atoms with Crippen LogP contribution in [0.25, 0.3) is 0 Å². The lowest BCUT2D eigenvalue weighted by Gasteiger charge is -2.13. The molecule has 1 heterocycles. The summed E-state index contributed by atoms with van der Waals surface area (Å²) in [5.41, 5.74) is 0. The maximum atomic E-state index is 11.4. The second kappa shape index (κ2) is 4.52. The summed E-state index contributed by atoms with van der Waals surface area (Å²) < 4.78 is 0. The van der Waals surface area contributed by atoms with Crippen LogP contribution < -0.4 is 10.6 Å². The summed E-state index contributed by atoms with van der Waals surface area (Å²) in [5.74, 6) is 1.82. The lowest BCUT2D eigenvalue weighted by atomic mass is 10.2. The summed E-state index contributed by atoms with van der Waals surface area (Å²) in [4.78, 5) is 11.4. The Morgan fingerprint density at radius 1 is 1.92 bits per heavy atom. The van der Waals surface area contributed by atoms with Gasteiger partial charge in [-0.2, -0.15) is 0 Å². The summed E-state index contributed by atoms with van der Waals surface area (Å²) in [6.07, 6.45) is 1.72. The molecule has 0 saturated carbocycles. The number of carbonyl (C=O) groups is 1. The Morgan fingerprint density at radius 2 is 2.67 bits per heavy atom. The van der Waals surface area contributed by atoms with Gasteiger partial charge in [0.05, 0.1) is 6.04 Å². The number of nitrogens with one attached hydrogen (secondary N) is 2. The van der Waals surface area contributed by atoms with Crippen LogP contribution in [-0.4, -0.2) is 29.6 Å². The first-order valence-corrected chi connectivity index (χ1v) is 5.13. The molecule has 1 rings (SSSR count). The lowest BCUT2D eigenvalue weighted by Crippen LogP contribution is -2.44. The normalized spacial score (nSPS) is 24.9. The molecule has 1 aliphatic heterocycles. The number of amides is 1. The molecular formula is C8H14N2OS. The van der Waals surface area contributed by atoms with Gasteiger partial charge < -0.3 is 5.32 Å². The molecule has 1 unspecified atom stereocenters. The molecule has 1 aliphatic rings. The van der Waals surface area contributed by atoms with Crippen molar-refractivity contribution in [2.75, 3.05) is 11.6 Å². The van der Waals surface area contributed by atoms with E-state index in [0.29, 0.717) is 0 Å².